The van der Waals surface area contributed by atoms with Crippen LogP contribution in [0.2, 0.25) is 0 Å². The van der Waals surface area contributed by atoms with E-state index in [0.717, 1.165) is 17.0 Å². The second-order valence-electron chi connectivity index (χ2n) is 12.8. The van der Waals surface area contributed by atoms with E-state index in [9.17, 15) is 45.8 Å². The summed E-state index contributed by atoms with van der Waals surface area (Å²) in [6, 6.07) is 7.55. The Morgan fingerprint density at radius 1 is 1.02 bits per heavy atom. The number of nitrogens with zero attached hydrogens (tertiary/aromatic N) is 3. The molecule has 2 aliphatic heterocycles. The van der Waals surface area contributed by atoms with Gasteiger partial charge in [-0.1, -0.05) is 37.6 Å². The average molecular weight is 687 g/mol. The van der Waals surface area contributed by atoms with Gasteiger partial charge in [-0.3, -0.25) is 14.5 Å². The zero-order chi connectivity index (χ0) is 36.0. The van der Waals surface area contributed by atoms with Crippen LogP contribution in [0.15, 0.2) is 42.5 Å². The molecule has 2 aromatic carbocycles. The molecule has 15 heteroatoms. The maximum Gasteiger partial charge on any atom is 0.430 e. The van der Waals surface area contributed by atoms with Crippen molar-refractivity contribution in [2.45, 2.75) is 96.1 Å². The predicted molar refractivity (Wildman–Crippen MR) is 164 cm³/mol. The Morgan fingerprint density at radius 2 is 1.67 bits per heavy atom. The van der Waals surface area contributed by atoms with E-state index in [2.05, 4.69) is 5.32 Å². The minimum Gasteiger partial charge on any atom is -0.491 e. The molecule has 264 valence electrons. The van der Waals surface area contributed by atoms with Gasteiger partial charge in [0.1, 0.15) is 17.8 Å². The highest BCUT2D eigenvalue weighted by atomic mass is 19.4. The number of amides is 4. The lowest BCUT2D eigenvalue weighted by Gasteiger charge is -2.46. The summed E-state index contributed by atoms with van der Waals surface area (Å²) in [5.41, 5.74) is -6.79. The van der Waals surface area contributed by atoms with Crippen LogP contribution in [0.3, 0.4) is 0 Å². The summed E-state index contributed by atoms with van der Waals surface area (Å²) in [5, 5.41) is 12.6. The van der Waals surface area contributed by atoms with E-state index < -0.39 is 65.5 Å². The number of benzene rings is 2. The van der Waals surface area contributed by atoms with Gasteiger partial charge < -0.3 is 25.0 Å². The number of carbonyl (C=O) groups is 3. The molecule has 2 aromatic rings. The number of nitrogens with one attached hydrogen (secondary N) is 1. The van der Waals surface area contributed by atoms with Gasteiger partial charge in [0.2, 0.25) is 5.91 Å². The van der Waals surface area contributed by atoms with Crippen LogP contribution < -0.4 is 15.0 Å². The number of halogens is 6. The van der Waals surface area contributed by atoms with E-state index in [1.165, 1.54) is 4.90 Å². The largest absolute Gasteiger partial charge is 0.491 e. The first-order valence-electron chi connectivity index (χ1n) is 15.6. The molecular weight excluding hydrogens is 646 g/mol. The Hall–Kier alpha value is -4.01. The fraction of sp³-hybridized carbons (Fsp3) is 0.545. The van der Waals surface area contributed by atoms with Crippen molar-refractivity contribution < 1.29 is 50.6 Å². The summed E-state index contributed by atoms with van der Waals surface area (Å²) < 4.78 is 87.3. The molecule has 4 amide bonds. The van der Waals surface area contributed by atoms with E-state index in [1.807, 2.05) is 13.8 Å². The second-order valence-corrected chi connectivity index (χ2v) is 12.8. The molecule has 3 atom stereocenters. The third-order valence-electron chi connectivity index (χ3n) is 8.80. The Morgan fingerprint density at radius 3 is 2.25 bits per heavy atom. The van der Waals surface area contributed by atoms with Crippen molar-refractivity contribution in [3.8, 4) is 5.75 Å². The third kappa shape index (κ3) is 6.65. The first-order chi connectivity index (χ1) is 22.1. The number of alkyl halides is 6. The van der Waals surface area contributed by atoms with Crippen molar-refractivity contribution in [2.24, 2.45) is 0 Å². The monoisotopic (exact) mass is 686 g/mol. The molecule has 48 heavy (non-hydrogen) atoms. The predicted octanol–water partition coefficient (Wildman–Crippen LogP) is 5.63. The second kappa shape index (κ2) is 13.1. The molecule has 2 N–H and O–H groups in total. The summed E-state index contributed by atoms with van der Waals surface area (Å²) in [6.45, 7) is 10.1. The highest BCUT2D eigenvalue weighted by Gasteiger charge is 2.71. The smallest absolute Gasteiger partial charge is 0.430 e. The zero-order valence-electron chi connectivity index (χ0n) is 27.5. The van der Waals surface area contributed by atoms with Gasteiger partial charge in [-0.15, -0.1) is 0 Å². The molecule has 2 heterocycles. The summed E-state index contributed by atoms with van der Waals surface area (Å²) >= 11 is 0. The number of hydrogen-bond donors (Lipinski definition) is 2. The van der Waals surface area contributed by atoms with E-state index >= 15 is 0 Å². The Balaban J connectivity index is 1.53. The van der Waals surface area contributed by atoms with E-state index in [0.29, 0.717) is 29.5 Å². The van der Waals surface area contributed by atoms with Gasteiger partial charge in [-0.25, -0.2) is 4.79 Å². The van der Waals surface area contributed by atoms with Crippen molar-refractivity contribution >= 4 is 23.5 Å². The molecule has 2 saturated heterocycles. The number of imide groups is 1. The topological polar surface area (TPSA) is 102 Å². The minimum atomic E-state index is -6.01. The molecule has 0 bridgehead atoms. The standard InChI is InChI=1S/C33H40F6N4O5/c1-7-9-22-14-24(31(47,32(34,35)36)33(37,38)39)12-13-26(22)41-16-21(5)42(17-20(41)4)27(44)18-43-28(45)30(6,40-29(43)46)23-10-8-11-25(15-23)48-19(2)3/h8,10-15,19-21,47H,7,9,16-18H2,1-6H3,(H,40,46)/t20?,21-,30+/m1/s1. The van der Waals surface area contributed by atoms with Gasteiger partial charge in [0.15, 0.2) is 0 Å². The van der Waals surface area contributed by atoms with Gasteiger partial charge in [0, 0.05) is 36.4 Å². The van der Waals surface area contributed by atoms with E-state index in [4.69, 9.17) is 4.74 Å². The first kappa shape index (κ1) is 36.8. The molecule has 2 aliphatic rings. The van der Waals surface area contributed by atoms with Gasteiger partial charge in [-0.2, -0.15) is 26.3 Å². The molecular formula is C33H40F6N4O5. The first-order valence-corrected chi connectivity index (χ1v) is 15.6. The van der Waals surface area contributed by atoms with Gasteiger partial charge in [0.05, 0.1) is 6.10 Å². The maximum atomic E-state index is 13.6. The number of ether oxygens (including phenoxy) is 1. The number of rotatable bonds is 9. The highest BCUT2D eigenvalue weighted by Crippen LogP contribution is 2.50. The molecule has 0 spiro atoms. The number of aryl methyl sites for hydroxylation is 1. The SMILES string of the molecule is CCCc1cc(C(O)(C(F)(F)F)C(F)(F)F)ccc1N1C[C@@H](C)N(C(=O)CN2C(=O)N[C@@](C)(c3cccc(OC(C)C)c3)C2=O)CC1C. The fourth-order valence-corrected chi connectivity index (χ4v) is 6.27. The normalized spacial score (nSPS) is 22.4. The van der Waals surface area contributed by atoms with Crippen molar-refractivity contribution in [1.82, 2.24) is 15.1 Å². The van der Waals surface area contributed by atoms with Crippen LogP contribution in [0.25, 0.3) is 0 Å². The van der Waals surface area contributed by atoms with Crippen LogP contribution in [0.4, 0.5) is 36.8 Å². The molecule has 9 nitrogen and oxygen atoms in total. The lowest BCUT2D eigenvalue weighted by atomic mass is 9.89. The van der Waals surface area contributed by atoms with Gasteiger partial charge in [-0.05, 0) is 70.4 Å². The summed E-state index contributed by atoms with van der Waals surface area (Å²) in [7, 11) is 0. The van der Waals surface area contributed by atoms with E-state index in [1.54, 1.807) is 56.9 Å². The Bertz CT molecular complexity index is 1530. The fourth-order valence-electron chi connectivity index (χ4n) is 6.27. The van der Waals surface area contributed by atoms with Gasteiger partial charge in [0.25, 0.3) is 11.5 Å². The summed E-state index contributed by atoms with van der Waals surface area (Å²) in [6.07, 6.45) is -11.6. The average Bonchev–Trinajstić information content (AvgIpc) is 3.20. The molecule has 2 fully saturated rings. The van der Waals surface area contributed by atoms with Crippen LogP contribution in [0, 0.1) is 0 Å². The Labute approximate surface area is 274 Å². The number of anilines is 1. The van der Waals surface area contributed by atoms with Crippen molar-refractivity contribution in [1.29, 1.82) is 0 Å². The zero-order valence-corrected chi connectivity index (χ0v) is 27.5. The van der Waals surface area contributed by atoms with Crippen LogP contribution in [-0.2, 0) is 27.1 Å². The third-order valence-corrected chi connectivity index (χ3v) is 8.80. The number of hydrogen-bond acceptors (Lipinski definition) is 6. The minimum absolute atomic E-state index is 0.0951. The van der Waals surface area contributed by atoms with Crippen molar-refractivity contribution in [2.75, 3.05) is 24.5 Å². The van der Waals surface area contributed by atoms with Crippen LogP contribution in [-0.4, -0.2) is 82.9 Å². The number of piperazine rings is 1. The lowest BCUT2D eigenvalue weighted by Crippen LogP contribution is -2.60. The van der Waals surface area contributed by atoms with Crippen LogP contribution in [0.5, 0.6) is 5.75 Å². The van der Waals surface area contributed by atoms with Crippen molar-refractivity contribution in [3.05, 3.63) is 59.2 Å². The summed E-state index contributed by atoms with van der Waals surface area (Å²) in [4.78, 5) is 44.2. The maximum absolute atomic E-state index is 13.6. The number of carbonyl (C=O) groups excluding carboxylic acids is 3. The molecule has 4 rings (SSSR count). The molecule has 1 unspecified atom stereocenters. The number of urea groups is 1. The summed E-state index contributed by atoms with van der Waals surface area (Å²) in [5.74, 6) is -0.624. The Kier molecular flexibility index (Phi) is 10.1. The quantitative estimate of drug-likeness (QED) is 0.262. The lowest BCUT2D eigenvalue weighted by molar-refractivity contribution is -0.376. The van der Waals surface area contributed by atoms with E-state index in [-0.39, 0.29) is 31.2 Å². The van der Waals surface area contributed by atoms with Crippen LogP contribution in [0.1, 0.15) is 64.7 Å². The highest BCUT2D eigenvalue weighted by molar-refractivity contribution is 6.09. The number of aliphatic hydroxyl groups is 1. The molecule has 0 saturated carbocycles. The molecule has 0 aliphatic carbocycles. The molecule has 0 radical (unpaired) electrons. The van der Waals surface area contributed by atoms with Gasteiger partial charge >= 0.3 is 18.4 Å². The molecule has 0 aromatic heterocycles. The van der Waals surface area contributed by atoms with Crippen LogP contribution >= 0.6 is 0 Å². The van der Waals surface area contributed by atoms with Crippen molar-refractivity contribution in [3.63, 3.8) is 0 Å².